The van der Waals surface area contributed by atoms with Crippen molar-refractivity contribution >= 4 is 33.4 Å². The Morgan fingerprint density at radius 3 is 3.05 bits per heavy atom. The van der Waals surface area contributed by atoms with Crippen LogP contribution in [0.2, 0.25) is 0 Å². The summed E-state index contributed by atoms with van der Waals surface area (Å²) < 4.78 is 0. The van der Waals surface area contributed by atoms with Gasteiger partial charge in [0.1, 0.15) is 0 Å². The van der Waals surface area contributed by atoms with Crippen LogP contribution in [0.4, 0.5) is 0 Å². The van der Waals surface area contributed by atoms with Crippen LogP contribution in [0.5, 0.6) is 0 Å². The topological polar surface area (TPSA) is 49.4 Å². The first kappa shape index (κ1) is 16.5. The van der Waals surface area contributed by atoms with Gasteiger partial charge in [0.25, 0.3) is 0 Å². The molecule has 0 aromatic carbocycles. The molecule has 4 nitrogen and oxygen atoms in total. The summed E-state index contributed by atoms with van der Waals surface area (Å²) in [6, 6.07) is 0. The molecule has 3 aliphatic heterocycles. The Bertz CT molecular complexity index is 426. The monoisotopic (exact) mass is 342 g/mol. The first-order chi connectivity index (χ1) is 10.7. The van der Waals surface area contributed by atoms with Crippen LogP contribution >= 0.6 is 21.6 Å². The lowest BCUT2D eigenvalue weighted by atomic mass is 9.79. The smallest absolute Gasteiger partial charge is 0.222 e. The molecule has 1 N–H and O–H groups in total. The predicted molar refractivity (Wildman–Crippen MR) is 92.8 cm³/mol. The van der Waals surface area contributed by atoms with E-state index in [0.717, 1.165) is 44.1 Å². The van der Waals surface area contributed by atoms with E-state index in [9.17, 15) is 9.59 Å². The number of piperidine rings is 1. The second-order valence-corrected chi connectivity index (χ2v) is 9.73. The highest BCUT2D eigenvalue weighted by atomic mass is 33.1. The lowest BCUT2D eigenvalue weighted by Gasteiger charge is -2.39. The predicted octanol–water partition coefficient (Wildman–Crippen LogP) is 2.83. The van der Waals surface area contributed by atoms with Crippen molar-refractivity contribution < 1.29 is 9.59 Å². The molecule has 22 heavy (non-hydrogen) atoms. The molecule has 0 bridgehead atoms. The quantitative estimate of drug-likeness (QED) is 0.616. The second kappa shape index (κ2) is 7.47. The van der Waals surface area contributed by atoms with E-state index < -0.39 is 0 Å². The van der Waals surface area contributed by atoms with E-state index in [2.05, 4.69) is 5.32 Å². The zero-order valence-electron chi connectivity index (χ0n) is 13.1. The molecule has 3 rings (SSSR count). The number of unbranched alkanes of at least 4 members (excludes halogenated alkanes) is 1. The van der Waals surface area contributed by atoms with Crippen molar-refractivity contribution in [2.45, 2.75) is 56.6 Å². The van der Waals surface area contributed by atoms with Gasteiger partial charge in [-0.25, -0.2) is 0 Å². The Labute approximate surface area is 140 Å². The normalized spacial score (nSPS) is 31.7. The van der Waals surface area contributed by atoms with Gasteiger partial charge in [0, 0.05) is 48.9 Å². The van der Waals surface area contributed by atoms with Gasteiger partial charge in [-0.3, -0.25) is 9.59 Å². The lowest BCUT2D eigenvalue weighted by Crippen LogP contribution is -2.47. The summed E-state index contributed by atoms with van der Waals surface area (Å²) in [6.45, 7) is 2.41. The molecule has 0 aromatic heterocycles. The molecule has 0 aliphatic carbocycles. The molecule has 3 fully saturated rings. The summed E-state index contributed by atoms with van der Waals surface area (Å²) in [5.74, 6) is 1.74. The van der Waals surface area contributed by atoms with Crippen molar-refractivity contribution in [2.75, 3.05) is 25.4 Å². The minimum Gasteiger partial charge on any atom is -0.355 e. The van der Waals surface area contributed by atoms with Crippen molar-refractivity contribution in [3.8, 4) is 0 Å². The Kier molecular flexibility index (Phi) is 5.60. The summed E-state index contributed by atoms with van der Waals surface area (Å²) in [5.41, 5.74) is 0.0305. The highest BCUT2D eigenvalue weighted by molar-refractivity contribution is 8.77. The Morgan fingerprint density at radius 1 is 1.41 bits per heavy atom. The molecule has 0 unspecified atom stereocenters. The van der Waals surface area contributed by atoms with E-state index >= 15 is 0 Å². The molecule has 124 valence electrons. The van der Waals surface area contributed by atoms with Gasteiger partial charge in [-0.05, 0) is 32.1 Å². The maximum Gasteiger partial charge on any atom is 0.222 e. The maximum atomic E-state index is 12.4. The van der Waals surface area contributed by atoms with Crippen LogP contribution in [0.1, 0.15) is 51.4 Å². The van der Waals surface area contributed by atoms with Crippen molar-refractivity contribution in [3.63, 3.8) is 0 Å². The average molecular weight is 343 g/mol. The zero-order valence-corrected chi connectivity index (χ0v) is 14.8. The highest BCUT2D eigenvalue weighted by Gasteiger charge is 2.42. The van der Waals surface area contributed by atoms with E-state index in [1.54, 1.807) is 0 Å². The molecular formula is C16H26N2O2S2. The summed E-state index contributed by atoms with van der Waals surface area (Å²) in [6.07, 6.45) is 8.18. The van der Waals surface area contributed by atoms with Gasteiger partial charge in [-0.2, -0.15) is 0 Å². The molecule has 1 spiro atoms. The molecule has 2 amide bonds. The van der Waals surface area contributed by atoms with Gasteiger partial charge in [-0.15, -0.1) is 0 Å². The molecule has 3 saturated heterocycles. The van der Waals surface area contributed by atoms with Gasteiger partial charge in [0.15, 0.2) is 0 Å². The van der Waals surface area contributed by atoms with Gasteiger partial charge >= 0.3 is 0 Å². The molecule has 3 heterocycles. The Balaban J connectivity index is 1.39. The SMILES string of the molecule is O=C1C[C@@]2(CCCN(C(=O)CCCC[C@H]3CCSS3)C2)CN1. The summed E-state index contributed by atoms with van der Waals surface area (Å²) in [5, 5.41) is 3.76. The standard InChI is InChI=1S/C16H26N2O2S2/c19-14-10-16(11-17-14)7-3-8-18(12-16)15(20)5-2-1-4-13-6-9-21-22-13/h13H,1-12H2,(H,17,19)/t13-,16-/m0/s1. The van der Waals surface area contributed by atoms with E-state index in [1.165, 1.54) is 25.0 Å². The highest BCUT2D eigenvalue weighted by Crippen LogP contribution is 2.40. The number of hydrogen-bond acceptors (Lipinski definition) is 4. The third kappa shape index (κ3) is 4.13. The van der Waals surface area contributed by atoms with Gasteiger partial charge < -0.3 is 10.2 Å². The van der Waals surface area contributed by atoms with Crippen LogP contribution in [0, 0.1) is 5.41 Å². The van der Waals surface area contributed by atoms with Crippen LogP contribution in [-0.4, -0.2) is 47.4 Å². The molecular weight excluding hydrogens is 316 g/mol. The summed E-state index contributed by atoms with van der Waals surface area (Å²) >= 11 is 0. The molecule has 0 radical (unpaired) electrons. The third-order valence-corrected chi connectivity index (χ3v) is 8.11. The van der Waals surface area contributed by atoms with E-state index in [1.807, 2.05) is 26.5 Å². The maximum absolute atomic E-state index is 12.4. The largest absolute Gasteiger partial charge is 0.355 e. The number of nitrogens with zero attached hydrogens (tertiary/aromatic N) is 1. The molecule has 0 aromatic rings. The van der Waals surface area contributed by atoms with Gasteiger partial charge in [0.05, 0.1) is 0 Å². The Morgan fingerprint density at radius 2 is 2.32 bits per heavy atom. The van der Waals surface area contributed by atoms with Crippen molar-refractivity contribution in [1.82, 2.24) is 10.2 Å². The first-order valence-corrected chi connectivity index (χ1v) is 10.9. The van der Waals surface area contributed by atoms with Crippen molar-refractivity contribution in [3.05, 3.63) is 0 Å². The third-order valence-electron chi connectivity index (χ3n) is 5.10. The zero-order chi connectivity index (χ0) is 15.4. The second-order valence-electron chi connectivity index (χ2n) is 6.95. The number of rotatable bonds is 5. The lowest BCUT2D eigenvalue weighted by molar-refractivity contribution is -0.135. The average Bonchev–Trinajstić information content (AvgIpc) is 3.14. The molecule has 0 saturated carbocycles. The van der Waals surface area contributed by atoms with E-state index in [4.69, 9.17) is 0 Å². The van der Waals surface area contributed by atoms with Crippen molar-refractivity contribution in [2.24, 2.45) is 5.41 Å². The number of amides is 2. The van der Waals surface area contributed by atoms with E-state index in [-0.39, 0.29) is 11.3 Å². The molecule has 3 aliphatic rings. The molecule has 2 atom stereocenters. The Hall–Kier alpha value is -0.360. The van der Waals surface area contributed by atoms with Crippen LogP contribution in [0.25, 0.3) is 0 Å². The van der Waals surface area contributed by atoms with Crippen LogP contribution in [0.15, 0.2) is 0 Å². The van der Waals surface area contributed by atoms with E-state index in [0.29, 0.717) is 18.7 Å². The minimum absolute atomic E-state index is 0.0305. The fourth-order valence-corrected chi connectivity index (χ4v) is 6.86. The van der Waals surface area contributed by atoms with Gasteiger partial charge in [0.2, 0.25) is 11.8 Å². The number of hydrogen-bond donors (Lipinski definition) is 1. The van der Waals surface area contributed by atoms with Crippen LogP contribution in [0.3, 0.4) is 0 Å². The number of carbonyl (C=O) groups excluding carboxylic acids is 2. The summed E-state index contributed by atoms with van der Waals surface area (Å²) in [7, 11) is 4.01. The number of nitrogens with one attached hydrogen (secondary N) is 1. The number of carbonyl (C=O) groups is 2. The fraction of sp³-hybridized carbons (Fsp3) is 0.875. The van der Waals surface area contributed by atoms with Crippen molar-refractivity contribution in [1.29, 1.82) is 0 Å². The molecule has 6 heteroatoms. The van der Waals surface area contributed by atoms with Crippen LogP contribution < -0.4 is 5.32 Å². The van der Waals surface area contributed by atoms with Gasteiger partial charge in [-0.1, -0.05) is 28.0 Å². The van der Waals surface area contributed by atoms with Crippen LogP contribution in [-0.2, 0) is 9.59 Å². The number of likely N-dealkylation sites (tertiary alicyclic amines) is 1. The fourth-order valence-electron chi connectivity index (χ4n) is 3.83. The minimum atomic E-state index is 0.0305. The summed E-state index contributed by atoms with van der Waals surface area (Å²) in [4.78, 5) is 26.0. The first-order valence-electron chi connectivity index (χ1n) is 8.50.